The molecule has 0 rings (SSSR count). The Morgan fingerprint density at radius 3 is 2.33 bits per heavy atom. The second kappa shape index (κ2) is 7.56. The van der Waals surface area contributed by atoms with Gasteiger partial charge in [-0.1, -0.05) is 20.8 Å². The van der Waals surface area contributed by atoms with Gasteiger partial charge in [-0.3, -0.25) is 0 Å². The van der Waals surface area contributed by atoms with E-state index >= 15 is 0 Å². The first-order valence-corrected chi connectivity index (χ1v) is 5.20. The molecule has 1 N–H and O–H groups in total. The zero-order valence-electron chi connectivity index (χ0n) is 9.06. The Bertz CT molecular complexity index is 93.8. The largest absolute Gasteiger partial charge is 0.313 e. The van der Waals surface area contributed by atoms with Crippen molar-refractivity contribution >= 4 is 0 Å². The summed E-state index contributed by atoms with van der Waals surface area (Å²) < 4.78 is 0. The molecule has 0 radical (unpaired) electrons. The maximum absolute atomic E-state index is 3.43. The van der Waals surface area contributed by atoms with Crippen LogP contribution in [0.1, 0.15) is 34.1 Å². The third kappa shape index (κ3) is 5.56. The molecule has 0 saturated heterocycles. The van der Waals surface area contributed by atoms with Crippen LogP contribution in [0.4, 0.5) is 0 Å². The zero-order chi connectivity index (χ0) is 9.40. The molecule has 0 heterocycles. The van der Waals surface area contributed by atoms with E-state index in [0.29, 0.717) is 6.04 Å². The van der Waals surface area contributed by atoms with E-state index < -0.39 is 0 Å². The monoisotopic (exact) mass is 172 g/mol. The van der Waals surface area contributed by atoms with Gasteiger partial charge in [-0.15, -0.1) is 0 Å². The standard InChI is InChI=1S/C10H24N2/c1-5-8-12(7-3)9-10(4)11-6-2/h10-11H,5-9H2,1-4H3. The molecule has 2 heteroatoms. The Balaban J connectivity index is 3.53. The highest BCUT2D eigenvalue weighted by molar-refractivity contribution is 4.65. The van der Waals surface area contributed by atoms with Crippen LogP contribution in [0.25, 0.3) is 0 Å². The Labute approximate surface area is 77.3 Å². The molecule has 0 fully saturated rings. The van der Waals surface area contributed by atoms with Gasteiger partial charge in [-0.05, 0) is 33.0 Å². The Morgan fingerprint density at radius 2 is 1.92 bits per heavy atom. The Hall–Kier alpha value is -0.0800. The minimum absolute atomic E-state index is 0.626. The van der Waals surface area contributed by atoms with Crippen molar-refractivity contribution in [2.75, 3.05) is 26.2 Å². The van der Waals surface area contributed by atoms with Crippen molar-refractivity contribution in [2.24, 2.45) is 0 Å². The second-order valence-corrected chi connectivity index (χ2v) is 3.35. The molecule has 74 valence electrons. The van der Waals surface area contributed by atoms with E-state index in [1.165, 1.54) is 26.1 Å². The smallest absolute Gasteiger partial charge is 0.0166 e. The van der Waals surface area contributed by atoms with Crippen molar-refractivity contribution in [3.63, 3.8) is 0 Å². The van der Waals surface area contributed by atoms with E-state index in [1.54, 1.807) is 0 Å². The van der Waals surface area contributed by atoms with Gasteiger partial charge in [-0.25, -0.2) is 0 Å². The number of nitrogens with zero attached hydrogens (tertiary/aromatic N) is 1. The molecule has 1 unspecified atom stereocenters. The van der Waals surface area contributed by atoms with Crippen molar-refractivity contribution in [1.82, 2.24) is 10.2 Å². The van der Waals surface area contributed by atoms with Crippen molar-refractivity contribution in [1.29, 1.82) is 0 Å². The lowest BCUT2D eigenvalue weighted by Crippen LogP contribution is -2.39. The van der Waals surface area contributed by atoms with Gasteiger partial charge in [-0.2, -0.15) is 0 Å². The third-order valence-electron chi connectivity index (χ3n) is 2.07. The molecule has 0 aliphatic heterocycles. The Kier molecular flexibility index (Phi) is 7.51. The average molecular weight is 172 g/mol. The normalized spacial score (nSPS) is 13.8. The topological polar surface area (TPSA) is 15.3 Å². The minimum Gasteiger partial charge on any atom is -0.313 e. The minimum atomic E-state index is 0.626. The molecule has 12 heavy (non-hydrogen) atoms. The van der Waals surface area contributed by atoms with Crippen molar-refractivity contribution in [3.05, 3.63) is 0 Å². The molecule has 0 aliphatic rings. The summed E-state index contributed by atoms with van der Waals surface area (Å²) in [5.74, 6) is 0. The number of hydrogen-bond donors (Lipinski definition) is 1. The van der Waals surface area contributed by atoms with Crippen molar-refractivity contribution in [3.8, 4) is 0 Å². The molecule has 2 nitrogen and oxygen atoms in total. The molecule has 0 saturated carbocycles. The van der Waals surface area contributed by atoms with Gasteiger partial charge in [0.2, 0.25) is 0 Å². The van der Waals surface area contributed by atoms with Gasteiger partial charge < -0.3 is 10.2 Å². The third-order valence-corrected chi connectivity index (χ3v) is 2.07. The first-order chi connectivity index (χ1) is 5.74. The van der Waals surface area contributed by atoms with Crippen LogP contribution in [0.5, 0.6) is 0 Å². The van der Waals surface area contributed by atoms with Crippen LogP contribution in [0.2, 0.25) is 0 Å². The fourth-order valence-corrected chi connectivity index (χ4v) is 1.50. The number of rotatable bonds is 7. The van der Waals surface area contributed by atoms with Crippen molar-refractivity contribution in [2.45, 2.75) is 40.2 Å². The SMILES string of the molecule is CCCN(CC)CC(C)NCC. The molecule has 0 aromatic heterocycles. The number of likely N-dealkylation sites (N-methyl/N-ethyl adjacent to an activating group) is 2. The van der Waals surface area contributed by atoms with Gasteiger partial charge in [0.25, 0.3) is 0 Å². The summed E-state index contributed by atoms with van der Waals surface area (Å²) in [6.07, 6.45) is 1.26. The fourth-order valence-electron chi connectivity index (χ4n) is 1.50. The lowest BCUT2D eigenvalue weighted by molar-refractivity contribution is 0.260. The number of nitrogens with one attached hydrogen (secondary N) is 1. The molecule has 0 amide bonds. The molecule has 0 spiro atoms. The predicted octanol–water partition coefficient (Wildman–Crippen LogP) is 1.72. The summed E-state index contributed by atoms with van der Waals surface area (Å²) in [5, 5.41) is 3.43. The molecule has 1 atom stereocenters. The molecule has 0 aromatic carbocycles. The molecule has 0 aliphatic carbocycles. The van der Waals surface area contributed by atoms with Gasteiger partial charge in [0.15, 0.2) is 0 Å². The predicted molar refractivity (Wildman–Crippen MR) is 55.5 cm³/mol. The van der Waals surface area contributed by atoms with E-state index in [-0.39, 0.29) is 0 Å². The average Bonchev–Trinajstić information content (AvgIpc) is 2.04. The summed E-state index contributed by atoms with van der Waals surface area (Å²) >= 11 is 0. The zero-order valence-corrected chi connectivity index (χ0v) is 9.06. The summed E-state index contributed by atoms with van der Waals surface area (Å²) in [6.45, 7) is 13.5. The quantitative estimate of drug-likeness (QED) is 0.629. The van der Waals surface area contributed by atoms with Gasteiger partial charge in [0.05, 0.1) is 0 Å². The van der Waals surface area contributed by atoms with Crippen molar-refractivity contribution < 1.29 is 0 Å². The number of hydrogen-bond acceptors (Lipinski definition) is 2. The maximum atomic E-state index is 3.43. The lowest BCUT2D eigenvalue weighted by Gasteiger charge is -2.23. The van der Waals surface area contributed by atoms with Gasteiger partial charge in [0, 0.05) is 12.6 Å². The highest BCUT2D eigenvalue weighted by Crippen LogP contribution is 1.93. The van der Waals surface area contributed by atoms with Crippen LogP contribution in [0.3, 0.4) is 0 Å². The van der Waals surface area contributed by atoms with Crippen LogP contribution in [0, 0.1) is 0 Å². The van der Waals surface area contributed by atoms with E-state index in [2.05, 4.69) is 37.9 Å². The Morgan fingerprint density at radius 1 is 1.25 bits per heavy atom. The molecule has 0 aromatic rings. The van der Waals surface area contributed by atoms with Gasteiger partial charge in [0.1, 0.15) is 0 Å². The summed E-state index contributed by atoms with van der Waals surface area (Å²) in [4.78, 5) is 2.49. The van der Waals surface area contributed by atoms with E-state index in [4.69, 9.17) is 0 Å². The fraction of sp³-hybridized carbons (Fsp3) is 1.00. The van der Waals surface area contributed by atoms with Gasteiger partial charge >= 0.3 is 0 Å². The van der Waals surface area contributed by atoms with E-state index in [1.807, 2.05) is 0 Å². The highest BCUT2D eigenvalue weighted by atomic mass is 15.1. The molecule has 0 bridgehead atoms. The highest BCUT2D eigenvalue weighted by Gasteiger charge is 2.05. The van der Waals surface area contributed by atoms with E-state index in [0.717, 1.165) is 6.54 Å². The lowest BCUT2D eigenvalue weighted by atomic mass is 10.3. The first kappa shape index (κ1) is 11.9. The van der Waals surface area contributed by atoms with Crippen LogP contribution in [0.15, 0.2) is 0 Å². The second-order valence-electron chi connectivity index (χ2n) is 3.35. The van der Waals surface area contributed by atoms with Crippen LogP contribution < -0.4 is 5.32 Å². The first-order valence-electron chi connectivity index (χ1n) is 5.20. The summed E-state index contributed by atoms with van der Waals surface area (Å²) in [6, 6.07) is 0.626. The van der Waals surface area contributed by atoms with Crippen LogP contribution in [-0.4, -0.2) is 37.1 Å². The van der Waals surface area contributed by atoms with Crippen LogP contribution >= 0.6 is 0 Å². The van der Waals surface area contributed by atoms with E-state index in [9.17, 15) is 0 Å². The summed E-state index contributed by atoms with van der Waals surface area (Å²) in [7, 11) is 0. The summed E-state index contributed by atoms with van der Waals surface area (Å²) in [5.41, 5.74) is 0. The maximum Gasteiger partial charge on any atom is 0.0166 e. The molecular formula is C10H24N2. The molecular weight excluding hydrogens is 148 g/mol. The van der Waals surface area contributed by atoms with Crippen LogP contribution in [-0.2, 0) is 0 Å².